The van der Waals surface area contributed by atoms with Gasteiger partial charge in [0.1, 0.15) is 0 Å². The van der Waals surface area contributed by atoms with Crippen LogP contribution in [-0.4, -0.2) is 57.5 Å². The quantitative estimate of drug-likeness (QED) is 0.540. The molecule has 10 heteroatoms. The molecule has 1 aromatic carbocycles. The van der Waals surface area contributed by atoms with E-state index in [1.54, 1.807) is 0 Å². The van der Waals surface area contributed by atoms with Crippen LogP contribution in [0.5, 0.6) is 0 Å². The van der Waals surface area contributed by atoms with Crippen LogP contribution in [0.4, 0.5) is 5.69 Å². The summed E-state index contributed by atoms with van der Waals surface area (Å²) in [7, 11) is -3.67. The fourth-order valence-corrected chi connectivity index (χ4v) is 3.88. The summed E-state index contributed by atoms with van der Waals surface area (Å²) < 4.78 is 27.0. The normalized spacial score (nSPS) is 16.6. The number of nitro groups is 1. The molecule has 0 saturated carbocycles. The third-order valence-corrected chi connectivity index (χ3v) is 5.45. The summed E-state index contributed by atoms with van der Waals surface area (Å²) in [6, 6.07) is 3.65. The molecule has 0 radical (unpaired) electrons. The van der Waals surface area contributed by atoms with Gasteiger partial charge in [-0.05, 0) is 28.1 Å². The molecule has 122 valence electrons. The van der Waals surface area contributed by atoms with Gasteiger partial charge in [-0.25, -0.2) is 13.1 Å². The Hall–Kier alpha value is -1.07. The van der Waals surface area contributed by atoms with Crippen molar-refractivity contribution in [3.8, 4) is 0 Å². The van der Waals surface area contributed by atoms with Gasteiger partial charge in [0.25, 0.3) is 5.69 Å². The average Bonchev–Trinajstić information content (AvgIpc) is 2.47. The number of nitrogens with zero attached hydrogens (tertiary/aromatic N) is 2. The number of rotatable bonds is 6. The maximum absolute atomic E-state index is 12.2. The van der Waals surface area contributed by atoms with Crippen molar-refractivity contribution in [2.45, 2.75) is 4.90 Å². The zero-order valence-corrected chi connectivity index (χ0v) is 14.2. The maximum atomic E-state index is 12.2. The Bertz CT molecular complexity index is 647. The Kier molecular flexibility index (Phi) is 5.87. The Morgan fingerprint density at radius 1 is 1.36 bits per heavy atom. The van der Waals surface area contributed by atoms with Crippen LogP contribution in [0.25, 0.3) is 0 Å². The first kappa shape index (κ1) is 17.3. The standard InChI is InChI=1S/C12H17BrN4O4S/c13-11-9-10(1-2-12(11)17(18)19)22(20,21)15-5-8-16-6-3-14-4-7-16/h1-2,9,14-15H,3-8H2. The monoisotopic (exact) mass is 392 g/mol. The van der Waals surface area contributed by atoms with E-state index < -0.39 is 14.9 Å². The smallest absolute Gasteiger partial charge is 0.283 e. The molecule has 1 saturated heterocycles. The third-order valence-electron chi connectivity index (χ3n) is 3.36. The van der Waals surface area contributed by atoms with E-state index in [0.29, 0.717) is 13.1 Å². The van der Waals surface area contributed by atoms with Crippen LogP contribution >= 0.6 is 15.9 Å². The maximum Gasteiger partial charge on any atom is 0.283 e. The Morgan fingerprint density at radius 2 is 2.05 bits per heavy atom. The molecule has 1 heterocycles. The zero-order chi connectivity index (χ0) is 16.2. The van der Waals surface area contributed by atoms with Gasteiger partial charge in [-0.15, -0.1) is 0 Å². The van der Waals surface area contributed by atoms with Gasteiger partial charge >= 0.3 is 0 Å². The number of nitrogens with one attached hydrogen (secondary N) is 2. The predicted octanol–water partition coefficient (Wildman–Crippen LogP) is 0.541. The molecule has 0 amide bonds. The molecule has 0 aromatic heterocycles. The highest BCUT2D eigenvalue weighted by Crippen LogP contribution is 2.27. The van der Waals surface area contributed by atoms with E-state index in [1.165, 1.54) is 18.2 Å². The van der Waals surface area contributed by atoms with Gasteiger partial charge in [0.2, 0.25) is 10.0 Å². The van der Waals surface area contributed by atoms with Crippen molar-refractivity contribution >= 4 is 31.6 Å². The molecular formula is C12H17BrN4O4S. The predicted molar refractivity (Wildman–Crippen MR) is 85.3 cm³/mol. The molecule has 2 N–H and O–H groups in total. The number of benzene rings is 1. The second-order valence-corrected chi connectivity index (χ2v) is 7.48. The lowest BCUT2D eigenvalue weighted by molar-refractivity contribution is -0.385. The van der Waals surface area contributed by atoms with E-state index in [2.05, 4.69) is 30.9 Å². The molecule has 0 spiro atoms. The second kappa shape index (κ2) is 7.47. The van der Waals surface area contributed by atoms with Crippen LogP contribution in [0, 0.1) is 10.1 Å². The highest BCUT2D eigenvalue weighted by atomic mass is 79.9. The second-order valence-electron chi connectivity index (χ2n) is 4.86. The molecule has 0 aliphatic carbocycles. The minimum Gasteiger partial charge on any atom is -0.314 e. The van der Waals surface area contributed by atoms with Crippen LogP contribution in [0.15, 0.2) is 27.6 Å². The summed E-state index contributed by atoms with van der Waals surface area (Å²) in [6.07, 6.45) is 0. The number of halogens is 1. The first-order valence-corrected chi connectivity index (χ1v) is 9.04. The molecule has 2 rings (SSSR count). The van der Waals surface area contributed by atoms with E-state index in [9.17, 15) is 18.5 Å². The third kappa shape index (κ3) is 4.46. The molecule has 1 aliphatic heterocycles. The fraction of sp³-hybridized carbons (Fsp3) is 0.500. The van der Waals surface area contributed by atoms with Crippen LogP contribution in [0.3, 0.4) is 0 Å². The van der Waals surface area contributed by atoms with Crippen molar-refractivity contribution in [3.63, 3.8) is 0 Å². The van der Waals surface area contributed by atoms with Crippen LogP contribution in [-0.2, 0) is 10.0 Å². The van der Waals surface area contributed by atoms with E-state index >= 15 is 0 Å². The lowest BCUT2D eigenvalue weighted by Gasteiger charge is -2.27. The number of sulfonamides is 1. The van der Waals surface area contributed by atoms with Gasteiger partial charge in [-0.1, -0.05) is 0 Å². The van der Waals surface area contributed by atoms with E-state index in [-0.39, 0.29) is 15.1 Å². The Labute approximate surface area is 137 Å². The van der Waals surface area contributed by atoms with Crippen molar-refractivity contribution in [1.82, 2.24) is 14.9 Å². The molecule has 1 aromatic rings. The van der Waals surface area contributed by atoms with Gasteiger partial charge < -0.3 is 5.32 Å². The van der Waals surface area contributed by atoms with Crippen molar-refractivity contribution in [2.75, 3.05) is 39.3 Å². The van der Waals surface area contributed by atoms with Crippen LogP contribution in [0.2, 0.25) is 0 Å². The highest BCUT2D eigenvalue weighted by molar-refractivity contribution is 9.10. The largest absolute Gasteiger partial charge is 0.314 e. The van der Waals surface area contributed by atoms with Crippen molar-refractivity contribution in [3.05, 3.63) is 32.8 Å². The van der Waals surface area contributed by atoms with E-state index in [1.807, 2.05) is 0 Å². The van der Waals surface area contributed by atoms with Gasteiger partial charge in [-0.2, -0.15) is 0 Å². The molecule has 0 bridgehead atoms. The first-order valence-electron chi connectivity index (χ1n) is 6.77. The van der Waals surface area contributed by atoms with E-state index in [4.69, 9.17) is 0 Å². The fourth-order valence-electron chi connectivity index (χ4n) is 2.16. The molecular weight excluding hydrogens is 376 g/mol. The van der Waals surface area contributed by atoms with Crippen molar-refractivity contribution in [1.29, 1.82) is 0 Å². The highest BCUT2D eigenvalue weighted by Gasteiger charge is 2.19. The number of nitro benzene ring substituents is 1. The number of hydrogen-bond donors (Lipinski definition) is 2. The topological polar surface area (TPSA) is 105 Å². The van der Waals surface area contributed by atoms with Gasteiger partial charge in [-0.3, -0.25) is 15.0 Å². The molecule has 0 unspecified atom stereocenters. The summed E-state index contributed by atoms with van der Waals surface area (Å²) in [5.41, 5.74) is -0.167. The summed E-state index contributed by atoms with van der Waals surface area (Å²) in [5, 5.41) is 14.0. The SMILES string of the molecule is O=[N+]([O-])c1ccc(S(=O)(=O)NCCN2CCNCC2)cc1Br. The van der Waals surface area contributed by atoms with Crippen molar-refractivity contribution < 1.29 is 13.3 Å². The van der Waals surface area contributed by atoms with Gasteiger partial charge in [0.15, 0.2) is 0 Å². The lowest BCUT2D eigenvalue weighted by Crippen LogP contribution is -2.46. The first-order chi connectivity index (χ1) is 10.4. The summed E-state index contributed by atoms with van der Waals surface area (Å²) in [4.78, 5) is 12.3. The molecule has 22 heavy (non-hydrogen) atoms. The molecule has 1 aliphatic rings. The summed E-state index contributed by atoms with van der Waals surface area (Å²) in [6.45, 7) is 4.53. The molecule has 8 nitrogen and oxygen atoms in total. The minimum absolute atomic E-state index is 0.00489. The zero-order valence-electron chi connectivity index (χ0n) is 11.8. The Balaban J connectivity index is 1.97. The van der Waals surface area contributed by atoms with Crippen LogP contribution < -0.4 is 10.0 Å². The van der Waals surface area contributed by atoms with Gasteiger partial charge in [0.05, 0.1) is 14.3 Å². The summed E-state index contributed by atoms with van der Waals surface area (Å²) >= 11 is 3.02. The molecule has 1 fully saturated rings. The lowest BCUT2D eigenvalue weighted by atomic mass is 10.3. The van der Waals surface area contributed by atoms with Crippen LogP contribution in [0.1, 0.15) is 0 Å². The minimum atomic E-state index is -3.67. The Morgan fingerprint density at radius 3 is 2.64 bits per heavy atom. The number of hydrogen-bond acceptors (Lipinski definition) is 6. The molecule has 0 atom stereocenters. The van der Waals surface area contributed by atoms with Gasteiger partial charge in [0, 0.05) is 45.3 Å². The number of piperazine rings is 1. The van der Waals surface area contributed by atoms with E-state index in [0.717, 1.165) is 26.2 Å². The summed E-state index contributed by atoms with van der Waals surface area (Å²) in [5.74, 6) is 0. The van der Waals surface area contributed by atoms with Crippen molar-refractivity contribution in [2.24, 2.45) is 0 Å². The average molecular weight is 393 g/mol.